The van der Waals surface area contributed by atoms with Crippen molar-refractivity contribution in [1.82, 2.24) is 9.55 Å². The summed E-state index contributed by atoms with van der Waals surface area (Å²) >= 11 is 18.5. The van der Waals surface area contributed by atoms with Crippen molar-refractivity contribution in [3.63, 3.8) is 0 Å². The molecule has 10 heteroatoms. The number of hydrogen-bond acceptors (Lipinski definition) is 6. The highest BCUT2D eigenvalue weighted by Gasteiger charge is 2.26. The summed E-state index contributed by atoms with van der Waals surface area (Å²) in [5.41, 5.74) is 1.48. The quantitative estimate of drug-likeness (QED) is 0.235. The van der Waals surface area contributed by atoms with E-state index in [1.165, 1.54) is 6.92 Å². The summed E-state index contributed by atoms with van der Waals surface area (Å²) in [7, 11) is 0. The number of aromatic nitrogens is 2. The molecule has 3 rings (SSSR count). The number of benzene rings is 2. The Kier molecular flexibility index (Phi) is 9.91. The molecule has 194 valence electrons. The lowest BCUT2D eigenvalue weighted by molar-refractivity contribution is -0.148. The number of esters is 1. The molecule has 3 aromatic rings. The van der Waals surface area contributed by atoms with Crippen LogP contribution in [0.25, 0.3) is 0 Å². The van der Waals surface area contributed by atoms with E-state index in [-0.39, 0.29) is 25.1 Å². The molecule has 0 bridgehead atoms. The third-order valence-electron chi connectivity index (χ3n) is 5.64. The van der Waals surface area contributed by atoms with Crippen LogP contribution in [-0.4, -0.2) is 51.9 Å². The van der Waals surface area contributed by atoms with Crippen molar-refractivity contribution in [2.75, 3.05) is 19.1 Å². The third kappa shape index (κ3) is 7.53. The lowest BCUT2D eigenvalue weighted by atomic mass is 9.78. The van der Waals surface area contributed by atoms with Crippen LogP contribution in [0.4, 0.5) is 0 Å². The first-order valence-corrected chi connectivity index (χ1v) is 12.6. The Balaban J connectivity index is 1.69. The first kappa shape index (κ1) is 28.1. The van der Waals surface area contributed by atoms with Gasteiger partial charge in [-0.05, 0) is 35.4 Å². The van der Waals surface area contributed by atoms with Crippen LogP contribution in [0.5, 0.6) is 11.5 Å². The normalized spacial score (nSPS) is 13.2. The predicted octanol–water partition coefficient (Wildman–Crippen LogP) is 5.51. The van der Waals surface area contributed by atoms with E-state index in [2.05, 4.69) is 18.8 Å². The van der Waals surface area contributed by atoms with E-state index in [9.17, 15) is 9.90 Å². The number of carbonyl (C=O) groups excluding carboxylic acids is 1. The molecule has 7 nitrogen and oxygen atoms in total. The molecule has 0 saturated carbocycles. The summed E-state index contributed by atoms with van der Waals surface area (Å²) in [6.07, 6.45) is 3.86. The Hall–Kier alpha value is -2.45. The zero-order valence-electron chi connectivity index (χ0n) is 20.3. The van der Waals surface area contributed by atoms with Gasteiger partial charge in [-0.15, -0.1) is 11.6 Å². The lowest BCUT2D eigenvalue weighted by Crippen LogP contribution is -2.28. The minimum atomic E-state index is -0.814. The van der Waals surface area contributed by atoms with Crippen LogP contribution in [0.15, 0.2) is 55.1 Å². The molecule has 2 aromatic carbocycles. The molecule has 0 aliphatic rings. The number of aliphatic hydroxyl groups is 1. The second-order valence-corrected chi connectivity index (χ2v) is 9.96. The Morgan fingerprint density at radius 3 is 2.31 bits per heavy atom. The second-order valence-electron chi connectivity index (χ2n) is 8.84. The van der Waals surface area contributed by atoms with E-state index >= 15 is 0 Å². The number of halogens is 3. The van der Waals surface area contributed by atoms with E-state index in [0.29, 0.717) is 28.1 Å². The van der Waals surface area contributed by atoms with Crippen molar-refractivity contribution in [2.24, 2.45) is 0 Å². The molecule has 0 spiro atoms. The zero-order valence-corrected chi connectivity index (χ0v) is 22.6. The van der Waals surface area contributed by atoms with Crippen LogP contribution >= 0.6 is 34.8 Å². The van der Waals surface area contributed by atoms with Crippen molar-refractivity contribution >= 4 is 40.8 Å². The van der Waals surface area contributed by atoms with Crippen LogP contribution in [0.1, 0.15) is 31.9 Å². The molecule has 1 N–H and O–H groups in total. The summed E-state index contributed by atoms with van der Waals surface area (Å²) in [4.78, 5) is 15.5. The van der Waals surface area contributed by atoms with Crippen molar-refractivity contribution in [2.45, 2.75) is 44.9 Å². The maximum Gasteiger partial charge on any atom is 0.303 e. The molecule has 2 unspecified atom stereocenters. The van der Waals surface area contributed by atoms with E-state index in [0.717, 1.165) is 11.1 Å². The topological polar surface area (TPSA) is 82.8 Å². The maximum absolute atomic E-state index is 11.5. The molecule has 2 atom stereocenters. The second kappa shape index (κ2) is 12.7. The smallest absolute Gasteiger partial charge is 0.303 e. The van der Waals surface area contributed by atoms with E-state index < -0.39 is 17.6 Å². The number of imidazole rings is 1. The van der Waals surface area contributed by atoms with Crippen molar-refractivity contribution in [3.8, 4) is 11.5 Å². The Labute approximate surface area is 225 Å². The molecule has 36 heavy (non-hydrogen) atoms. The van der Waals surface area contributed by atoms with Gasteiger partial charge in [0.1, 0.15) is 25.1 Å². The van der Waals surface area contributed by atoms with Gasteiger partial charge in [0.15, 0.2) is 11.9 Å². The number of carbonyl (C=O) groups is 1. The summed E-state index contributed by atoms with van der Waals surface area (Å²) < 4.78 is 18.7. The van der Waals surface area contributed by atoms with Crippen LogP contribution in [0.3, 0.4) is 0 Å². The summed E-state index contributed by atoms with van der Waals surface area (Å²) in [5.74, 6) is 0.637. The van der Waals surface area contributed by atoms with Crippen LogP contribution in [0, 0.1) is 0 Å². The molecule has 0 radical (unpaired) electrons. The van der Waals surface area contributed by atoms with Gasteiger partial charge in [-0.1, -0.05) is 49.2 Å². The third-order valence-corrected chi connectivity index (χ3v) is 6.55. The molecule has 1 heterocycles. The van der Waals surface area contributed by atoms with Crippen molar-refractivity contribution < 1.29 is 24.1 Å². The lowest BCUT2D eigenvalue weighted by Gasteiger charge is -2.27. The highest BCUT2D eigenvalue weighted by Crippen LogP contribution is 2.40. The highest BCUT2D eigenvalue weighted by molar-refractivity contribution is 6.37. The molecule has 0 fully saturated rings. The van der Waals surface area contributed by atoms with Crippen LogP contribution in [-0.2, 0) is 21.5 Å². The SMILES string of the molecule is CC(=O)OC(COc1ccc(C(C)(C)c2cc(Cl)c(OCC(O)CCl)c(Cl)c2)cc1)Cn1ccnc1. The highest BCUT2D eigenvalue weighted by atomic mass is 35.5. The van der Waals surface area contributed by atoms with Gasteiger partial charge in [-0.25, -0.2) is 4.98 Å². The fraction of sp³-hybridized carbons (Fsp3) is 0.385. The van der Waals surface area contributed by atoms with Gasteiger partial charge in [0, 0.05) is 24.7 Å². The average Bonchev–Trinajstić information content (AvgIpc) is 3.34. The number of hydrogen-bond donors (Lipinski definition) is 1. The predicted molar refractivity (Wildman–Crippen MR) is 141 cm³/mol. The molecule has 0 aliphatic carbocycles. The number of nitrogens with zero attached hydrogens (tertiary/aromatic N) is 2. The Morgan fingerprint density at radius 2 is 1.75 bits per heavy atom. The van der Waals surface area contributed by atoms with Gasteiger partial charge >= 0.3 is 5.97 Å². The Morgan fingerprint density at radius 1 is 1.08 bits per heavy atom. The molecular formula is C26H29Cl3N2O5. The minimum Gasteiger partial charge on any atom is -0.490 e. The monoisotopic (exact) mass is 554 g/mol. The first-order valence-electron chi connectivity index (χ1n) is 11.3. The van der Waals surface area contributed by atoms with Gasteiger partial charge in [-0.2, -0.15) is 0 Å². The fourth-order valence-electron chi connectivity index (χ4n) is 3.59. The molecule has 1 aromatic heterocycles. The number of ether oxygens (including phenoxy) is 3. The van der Waals surface area contributed by atoms with Crippen LogP contribution < -0.4 is 9.47 Å². The van der Waals surface area contributed by atoms with E-state index in [4.69, 9.17) is 49.0 Å². The zero-order chi connectivity index (χ0) is 26.3. The van der Waals surface area contributed by atoms with Gasteiger partial charge in [0.05, 0.1) is 28.8 Å². The van der Waals surface area contributed by atoms with Gasteiger partial charge in [0.2, 0.25) is 0 Å². The van der Waals surface area contributed by atoms with Crippen LogP contribution in [0.2, 0.25) is 10.0 Å². The Bertz CT molecular complexity index is 1110. The number of aliphatic hydroxyl groups excluding tert-OH is 1. The fourth-order valence-corrected chi connectivity index (χ4v) is 4.28. The van der Waals surface area contributed by atoms with Gasteiger partial charge in [-0.3, -0.25) is 4.79 Å². The summed E-state index contributed by atoms with van der Waals surface area (Å²) in [6.45, 7) is 6.13. The number of alkyl halides is 1. The van der Waals surface area contributed by atoms with Crippen molar-refractivity contribution in [1.29, 1.82) is 0 Å². The summed E-state index contributed by atoms with van der Waals surface area (Å²) in [6, 6.07) is 11.3. The summed E-state index contributed by atoms with van der Waals surface area (Å²) in [5, 5.41) is 10.3. The number of rotatable bonds is 12. The van der Waals surface area contributed by atoms with E-state index in [1.807, 2.05) is 28.8 Å². The molecule has 0 amide bonds. The minimum absolute atomic E-state index is 0.00617. The molecule has 0 aliphatic heterocycles. The molecular weight excluding hydrogens is 527 g/mol. The standard InChI is InChI=1S/C26H29Cl3N2O5/c1-17(32)36-22(13-31-9-8-30-16-31)15-34-21-6-4-18(5-7-21)26(2,3)19-10-23(28)25(24(29)11-19)35-14-20(33)12-27/h4-11,16,20,22,33H,12-15H2,1-3H3. The van der Waals surface area contributed by atoms with E-state index in [1.54, 1.807) is 30.9 Å². The largest absolute Gasteiger partial charge is 0.490 e. The van der Waals surface area contributed by atoms with Gasteiger partial charge < -0.3 is 23.9 Å². The van der Waals surface area contributed by atoms with Crippen molar-refractivity contribution in [3.05, 3.63) is 76.3 Å². The van der Waals surface area contributed by atoms with Gasteiger partial charge in [0.25, 0.3) is 0 Å². The average molecular weight is 556 g/mol. The molecule has 0 saturated heterocycles. The first-order chi connectivity index (χ1) is 17.1. The maximum atomic E-state index is 11.5.